The summed E-state index contributed by atoms with van der Waals surface area (Å²) in [6, 6.07) is 7.26. The van der Waals surface area contributed by atoms with Gasteiger partial charge in [-0.1, -0.05) is 19.1 Å². The number of benzene rings is 1. The maximum atomic E-state index is 13.6. The molecule has 1 aromatic rings. The Labute approximate surface area is 176 Å². The van der Waals surface area contributed by atoms with Crippen molar-refractivity contribution in [3.63, 3.8) is 0 Å². The third-order valence-corrected chi connectivity index (χ3v) is 5.82. The summed E-state index contributed by atoms with van der Waals surface area (Å²) in [5.41, 5.74) is 2.29. The molecule has 1 fully saturated rings. The molecule has 0 N–H and O–H groups in total. The number of esters is 2. The van der Waals surface area contributed by atoms with Crippen molar-refractivity contribution >= 4 is 23.4 Å². The van der Waals surface area contributed by atoms with Crippen LogP contribution in [0.1, 0.15) is 38.7 Å². The van der Waals surface area contributed by atoms with Crippen LogP contribution in [-0.4, -0.2) is 44.3 Å². The van der Waals surface area contributed by atoms with Gasteiger partial charge in [-0.25, -0.2) is 4.79 Å². The molecular formula is C23H27NO6. The van der Waals surface area contributed by atoms with Gasteiger partial charge in [0, 0.05) is 17.3 Å². The summed E-state index contributed by atoms with van der Waals surface area (Å²) < 4.78 is 15.5. The number of carbonyl (C=O) groups excluding carboxylic acids is 3. The quantitative estimate of drug-likeness (QED) is 0.544. The lowest BCUT2D eigenvalue weighted by Gasteiger charge is -2.40. The Morgan fingerprint density at radius 2 is 1.93 bits per heavy atom. The topological polar surface area (TPSA) is 91.3 Å². The van der Waals surface area contributed by atoms with Gasteiger partial charge >= 0.3 is 11.9 Å². The lowest BCUT2D eigenvalue weighted by Crippen LogP contribution is -2.48. The zero-order valence-corrected chi connectivity index (χ0v) is 17.9. The van der Waals surface area contributed by atoms with E-state index < -0.39 is 29.7 Å². The second-order valence-corrected chi connectivity index (χ2v) is 7.64. The molecule has 0 radical (unpaired) electrons. The number of aliphatic imine (C=N–C) groups is 1. The Morgan fingerprint density at radius 3 is 2.57 bits per heavy atom. The Bertz CT molecular complexity index is 931. The minimum atomic E-state index is -0.895. The van der Waals surface area contributed by atoms with E-state index in [1.807, 2.05) is 19.1 Å². The molecule has 3 rings (SSSR count). The summed E-state index contributed by atoms with van der Waals surface area (Å²) in [7, 11) is 2.83. The summed E-state index contributed by atoms with van der Waals surface area (Å²) >= 11 is 0. The van der Waals surface area contributed by atoms with Crippen LogP contribution in [0, 0.1) is 17.8 Å². The number of methoxy groups -OCH3 is 2. The molecule has 7 nitrogen and oxygen atoms in total. The molecular weight excluding hydrogens is 386 g/mol. The number of hydrogen-bond donors (Lipinski definition) is 0. The van der Waals surface area contributed by atoms with Crippen LogP contribution in [0.5, 0.6) is 5.75 Å². The van der Waals surface area contributed by atoms with Crippen molar-refractivity contribution in [2.24, 2.45) is 22.7 Å². The van der Waals surface area contributed by atoms with Gasteiger partial charge in [0.2, 0.25) is 0 Å². The van der Waals surface area contributed by atoms with Crippen LogP contribution in [0.3, 0.4) is 0 Å². The van der Waals surface area contributed by atoms with Crippen molar-refractivity contribution in [1.29, 1.82) is 0 Å². The standard InChI is InChI=1S/C23H27NO6/c1-6-30-23(27)18-13(3)24-16-10-12(2)17(22(26)29-5)21(25)20(16)19(18)14-8-7-9-15(11-14)28-4/h7-9,11-12,17,19-20H,6,10H2,1-5H3/t12-,17-,19+,20-/m1/s1. The van der Waals surface area contributed by atoms with Gasteiger partial charge in [0.05, 0.1) is 32.3 Å². The third-order valence-electron chi connectivity index (χ3n) is 5.82. The molecule has 1 aromatic carbocycles. The highest BCUT2D eigenvalue weighted by atomic mass is 16.5. The van der Waals surface area contributed by atoms with Gasteiger partial charge in [-0.15, -0.1) is 0 Å². The molecule has 1 saturated carbocycles. The average molecular weight is 413 g/mol. The summed E-state index contributed by atoms with van der Waals surface area (Å²) in [6.45, 7) is 5.53. The van der Waals surface area contributed by atoms with Crippen LogP contribution in [0.25, 0.3) is 0 Å². The smallest absolute Gasteiger partial charge is 0.336 e. The van der Waals surface area contributed by atoms with E-state index in [1.165, 1.54) is 7.11 Å². The number of nitrogens with zero attached hydrogens (tertiary/aromatic N) is 1. The van der Waals surface area contributed by atoms with Crippen LogP contribution < -0.4 is 4.74 Å². The van der Waals surface area contributed by atoms with E-state index in [4.69, 9.17) is 14.2 Å². The molecule has 2 aliphatic rings. The second kappa shape index (κ2) is 8.81. The molecule has 0 aromatic heterocycles. The van der Waals surface area contributed by atoms with Gasteiger partial charge in [0.25, 0.3) is 0 Å². The van der Waals surface area contributed by atoms with Crippen LogP contribution in [0.15, 0.2) is 40.5 Å². The molecule has 0 unspecified atom stereocenters. The molecule has 0 amide bonds. The van der Waals surface area contributed by atoms with E-state index in [9.17, 15) is 14.4 Å². The molecule has 4 atom stereocenters. The van der Waals surface area contributed by atoms with Gasteiger partial charge in [-0.2, -0.15) is 0 Å². The largest absolute Gasteiger partial charge is 0.497 e. The fourth-order valence-corrected chi connectivity index (χ4v) is 4.51. The Hall–Kier alpha value is -2.96. The molecule has 0 saturated heterocycles. The maximum Gasteiger partial charge on any atom is 0.336 e. The highest BCUT2D eigenvalue weighted by Crippen LogP contribution is 2.46. The van der Waals surface area contributed by atoms with Crippen molar-refractivity contribution in [3.05, 3.63) is 41.1 Å². The van der Waals surface area contributed by atoms with Gasteiger partial charge < -0.3 is 14.2 Å². The summed E-state index contributed by atoms with van der Waals surface area (Å²) in [4.78, 5) is 43.4. The Morgan fingerprint density at radius 1 is 1.20 bits per heavy atom. The number of fused-ring (bicyclic) bond motifs is 1. The fraction of sp³-hybridized carbons (Fsp3) is 0.478. The summed E-state index contributed by atoms with van der Waals surface area (Å²) in [5.74, 6) is -3.21. The molecule has 7 heteroatoms. The van der Waals surface area contributed by atoms with Crippen molar-refractivity contribution in [3.8, 4) is 5.75 Å². The van der Waals surface area contributed by atoms with Crippen LogP contribution >= 0.6 is 0 Å². The molecule has 160 valence electrons. The first kappa shape index (κ1) is 21.7. The average Bonchev–Trinajstić information content (AvgIpc) is 2.72. The molecule has 1 heterocycles. The van der Waals surface area contributed by atoms with E-state index >= 15 is 0 Å². The molecule has 1 aliphatic carbocycles. The lowest BCUT2D eigenvalue weighted by atomic mass is 9.63. The minimum Gasteiger partial charge on any atom is -0.497 e. The highest BCUT2D eigenvalue weighted by molar-refractivity contribution is 6.17. The van der Waals surface area contributed by atoms with E-state index in [1.54, 1.807) is 33.1 Å². The first-order valence-electron chi connectivity index (χ1n) is 10.0. The SMILES string of the molecule is CCOC(=O)C1=C(C)N=C2C[C@@H](C)[C@@H](C(=O)OC)C(=O)[C@H]2[C@H]1c1cccc(OC)c1. The number of ketones is 1. The fourth-order valence-electron chi connectivity index (χ4n) is 4.51. The van der Waals surface area contributed by atoms with E-state index in [0.717, 1.165) is 5.56 Å². The zero-order chi connectivity index (χ0) is 22.0. The number of ether oxygens (including phenoxy) is 3. The number of allylic oxidation sites excluding steroid dienone is 1. The molecule has 30 heavy (non-hydrogen) atoms. The lowest BCUT2D eigenvalue weighted by molar-refractivity contribution is -0.152. The number of hydrogen-bond acceptors (Lipinski definition) is 7. The zero-order valence-electron chi connectivity index (χ0n) is 17.9. The number of carbonyl (C=O) groups is 3. The maximum absolute atomic E-state index is 13.6. The normalized spacial score (nSPS) is 25.9. The van der Waals surface area contributed by atoms with Crippen LogP contribution in [0.4, 0.5) is 0 Å². The predicted molar refractivity (Wildman–Crippen MR) is 110 cm³/mol. The van der Waals surface area contributed by atoms with E-state index in [0.29, 0.717) is 29.2 Å². The summed E-state index contributed by atoms with van der Waals surface area (Å²) in [5, 5.41) is 0. The number of rotatable bonds is 5. The molecule has 1 aliphatic heterocycles. The second-order valence-electron chi connectivity index (χ2n) is 7.64. The third kappa shape index (κ3) is 3.76. The monoisotopic (exact) mass is 413 g/mol. The molecule has 0 spiro atoms. The van der Waals surface area contributed by atoms with Gasteiger partial charge in [0.1, 0.15) is 11.7 Å². The predicted octanol–water partition coefficient (Wildman–Crippen LogP) is 3.08. The van der Waals surface area contributed by atoms with Gasteiger partial charge in [-0.3, -0.25) is 14.6 Å². The minimum absolute atomic E-state index is 0.206. The van der Waals surface area contributed by atoms with Crippen LogP contribution in [-0.2, 0) is 23.9 Å². The van der Waals surface area contributed by atoms with Crippen LogP contribution in [0.2, 0.25) is 0 Å². The van der Waals surface area contributed by atoms with Gasteiger partial charge in [0.15, 0.2) is 5.78 Å². The first-order valence-corrected chi connectivity index (χ1v) is 10.0. The Kier molecular flexibility index (Phi) is 6.39. The molecule has 0 bridgehead atoms. The van der Waals surface area contributed by atoms with Crippen molar-refractivity contribution in [2.75, 3.05) is 20.8 Å². The van der Waals surface area contributed by atoms with Crippen molar-refractivity contribution < 1.29 is 28.6 Å². The van der Waals surface area contributed by atoms with Crippen molar-refractivity contribution in [2.45, 2.75) is 33.1 Å². The van der Waals surface area contributed by atoms with E-state index in [2.05, 4.69) is 4.99 Å². The highest BCUT2D eigenvalue weighted by Gasteiger charge is 2.51. The first-order chi connectivity index (χ1) is 14.3. The summed E-state index contributed by atoms with van der Waals surface area (Å²) in [6.07, 6.45) is 0.476. The Balaban J connectivity index is 2.19. The number of Topliss-reactive ketones (excluding diaryl/α,β-unsaturated/α-hetero) is 1. The van der Waals surface area contributed by atoms with Gasteiger partial charge in [-0.05, 0) is 43.9 Å². The van der Waals surface area contributed by atoms with E-state index in [-0.39, 0.29) is 18.3 Å². The van der Waals surface area contributed by atoms with Crippen molar-refractivity contribution in [1.82, 2.24) is 0 Å².